The second kappa shape index (κ2) is 2.84. The van der Waals surface area contributed by atoms with E-state index in [2.05, 4.69) is 11.3 Å². The van der Waals surface area contributed by atoms with Crippen molar-refractivity contribution >= 4 is 11.9 Å². The van der Waals surface area contributed by atoms with Gasteiger partial charge in [-0.25, -0.2) is 0 Å². The van der Waals surface area contributed by atoms with Gasteiger partial charge in [0, 0.05) is 5.92 Å². The predicted octanol–water partition coefficient (Wildman–Crippen LogP) is 0.871. The molecule has 2 saturated carbocycles. The van der Waals surface area contributed by atoms with Crippen LogP contribution in [0.2, 0.25) is 0 Å². The summed E-state index contributed by atoms with van der Waals surface area (Å²) in [4.78, 5) is 22.9. The van der Waals surface area contributed by atoms with Crippen LogP contribution < -0.4 is 0 Å². The van der Waals surface area contributed by atoms with Crippen LogP contribution in [0.5, 0.6) is 0 Å². The van der Waals surface area contributed by atoms with Gasteiger partial charge < -0.3 is 9.47 Å². The first kappa shape index (κ1) is 8.95. The zero-order valence-corrected chi connectivity index (χ0v) is 8.22. The highest BCUT2D eigenvalue weighted by Crippen LogP contribution is 2.56. The number of fused-ring (bicyclic) bond motifs is 5. The van der Waals surface area contributed by atoms with Crippen LogP contribution >= 0.6 is 0 Å². The summed E-state index contributed by atoms with van der Waals surface area (Å²) in [5.41, 5.74) is 0. The Bertz CT molecular complexity index is 346. The molecule has 3 rings (SSSR count). The molecule has 80 valence electrons. The van der Waals surface area contributed by atoms with Crippen LogP contribution in [0.25, 0.3) is 0 Å². The van der Waals surface area contributed by atoms with E-state index in [1.54, 1.807) is 0 Å². The molecule has 2 bridgehead atoms. The van der Waals surface area contributed by atoms with Crippen molar-refractivity contribution in [2.75, 3.05) is 0 Å². The molecule has 2 aliphatic carbocycles. The first-order valence-corrected chi connectivity index (χ1v) is 5.24. The molecule has 0 radical (unpaired) electrons. The minimum absolute atomic E-state index is 0.0483. The molecule has 0 aromatic heterocycles. The van der Waals surface area contributed by atoms with E-state index in [9.17, 15) is 9.59 Å². The van der Waals surface area contributed by atoms with Crippen molar-refractivity contribution in [3.63, 3.8) is 0 Å². The van der Waals surface area contributed by atoms with Crippen LogP contribution in [-0.2, 0) is 19.1 Å². The van der Waals surface area contributed by atoms with Crippen LogP contribution in [-0.4, -0.2) is 18.0 Å². The summed E-state index contributed by atoms with van der Waals surface area (Å²) < 4.78 is 10.0. The predicted molar refractivity (Wildman–Crippen MR) is 49.4 cm³/mol. The van der Waals surface area contributed by atoms with E-state index < -0.39 is 0 Å². The van der Waals surface area contributed by atoms with Crippen molar-refractivity contribution in [3.8, 4) is 0 Å². The maximum Gasteiger partial charge on any atom is 0.317 e. The largest absolute Gasteiger partial charge is 0.498 e. The summed E-state index contributed by atoms with van der Waals surface area (Å²) in [6.45, 7) is 3.52. The lowest BCUT2D eigenvalue weighted by Crippen LogP contribution is -2.33. The highest BCUT2D eigenvalue weighted by atomic mass is 16.6. The first-order valence-electron chi connectivity index (χ1n) is 5.24. The fourth-order valence-electron chi connectivity index (χ4n) is 3.48. The maximum absolute atomic E-state index is 11.5. The third-order valence-corrected chi connectivity index (χ3v) is 3.96. The molecule has 0 aromatic rings. The molecular weight excluding hydrogens is 196 g/mol. The summed E-state index contributed by atoms with van der Waals surface area (Å²) in [7, 11) is 0. The second-order valence-corrected chi connectivity index (χ2v) is 4.53. The van der Waals surface area contributed by atoms with Crippen molar-refractivity contribution < 1.29 is 19.1 Å². The Labute approximate surface area is 87.2 Å². The molecule has 0 N–H and O–H groups in total. The summed E-state index contributed by atoms with van der Waals surface area (Å²) >= 11 is 0. The monoisotopic (exact) mass is 208 g/mol. The van der Waals surface area contributed by atoms with Gasteiger partial charge in [-0.3, -0.25) is 9.59 Å². The molecule has 1 aliphatic heterocycles. The van der Waals surface area contributed by atoms with Crippen LogP contribution in [0.15, 0.2) is 12.8 Å². The fraction of sp³-hybridized carbons (Fsp3) is 0.636. The Morgan fingerprint density at radius 2 is 2.00 bits per heavy atom. The summed E-state index contributed by atoms with van der Waals surface area (Å²) in [6.07, 6.45) is 3.23. The average molecular weight is 208 g/mol. The van der Waals surface area contributed by atoms with Gasteiger partial charge in [0.1, 0.15) is 6.10 Å². The first-order chi connectivity index (χ1) is 7.22. The highest BCUT2D eigenvalue weighted by molar-refractivity contribution is 5.97. The van der Waals surface area contributed by atoms with Gasteiger partial charge in [0.05, 0.1) is 18.1 Å². The molecule has 5 unspecified atom stereocenters. The molecule has 5 atom stereocenters. The van der Waals surface area contributed by atoms with E-state index in [1.165, 1.54) is 6.26 Å². The molecule has 3 fully saturated rings. The maximum atomic E-state index is 11.5. The Balaban J connectivity index is 1.88. The summed E-state index contributed by atoms with van der Waals surface area (Å²) in [5.74, 6) is -0.696. The summed E-state index contributed by atoms with van der Waals surface area (Å²) in [6, 6.07) is 0. The molecule has 0 spiro atoms. The molecule has 15 heavy (non-hydrogen) atoms. The van der Waals surface area contributed by atoms with E-state index in [-0.39, 0.29) is 41.7 Å². The van der Waals surface area contributed by atoms with Gasteiger partial charge in [-0.05, 0) is 18.8 Å². The van der Waals surface area contributed by atoms with Gasteiger partial charge in [0.15, 0.2) is 0 Å². The lowest BCUT2D eigenvalue weighted by Gasteiger charge is -2.26. The molecule has 0 aromatic carbocycles. The number of rotatable bonds is 2. The molecule has 3 aliphatic rings. The van der Waals surface area contributed by atoms with E-state index in [0.29, 0.717) is 0 Å². The van der Waals surface area contributed by atoms with E-state index in [4.69, 9.17) is 4.74 Å². The quantitative estimate of drug-likeness (QED) is 0.384. The third-order valence-electron chi connectivity index (χ3n) is 3.96. The molecule has 1 saturated heterocycles. The Morgan fingerprint density at radius 1 is 1.27 bits per heavy atom. The lowest BCUT2D eigenvalue weighted by atomic mass is 9.79. The molecule has 1 heterocycles. The smallest absolute Gasteiger partial charge is 0.317 e. The van der Waals surface area contributed by atoms with Gasteiger partial charge in [0.2, 0.25) is 0 Å². The normalized spacial score (nSPS) is 46.5. The van der Waals surface area contributed by atoms with Crippen molar-refractivity contribution in [2.45, 2.75) is 18.9 Å². The fourth-order valence-corrected chi connectivity index (χ4v) is 3.48. The number of cyclic esters (lactones) is 2. The van der Waals surface area contributed by atoms with Crippen LogP contribution in [0.1, 0.15) is 12.8 Å². The average Bonchev–Trinajstić information content (AvgIpc) is 2.80. The van der Waals surface area contributed by atoms with Crippen LogP contribution in [0, 0.1) is 23.7 Å². The van der Waals surface area contributed by atoms with Gasteiger partial charge in [-0.2, -0.15) is 0 Å². The minimum atomic E-state index is -0.352. The van der Waals surface area contributed by atoms with Crippen LogP contribution in [0.3, 0.4) is 0 Å². The van der Waals surface area contributed by atoms with E-state index >= 15 is 0 Å². The number of hydrogen-bond donors (Lipinski definition) is 0. The number of carbonyl (C=O) groups excluding carboxylic acids is 2. The zero-order chi connectivity index (χ0) is 10.6. The topological polar surface area (TPSA) is 52.6 Å². The highest BCUT2D eigenvalue weighted by Gasteiger charge is 2.63. The zero-order valence-electron chi connectivity index (χ0n) is 8.22. The number of esters is 2. The Morgan fingerprint density at radius 3 is 2.73 bits per heavy atom. The van der Waals surface area contributed by atoms with Gasteiger partial charge >= 0.3 is 11.9 Å². The molecule has 4 heteroatoms. The minimum Gasteiger partial charge on any atom is -0.498 e. The Hall–Kier alpha value is -1.32. The molecule has 4 nitrogen and oxygen atoms in total. The Kier molecular flexibility index (Phi) is 1.69. The van der Waals surface area contributed by atoms with Gasteiger partial charge in [0.25, 0.3) is 0 Å². The standard InChI is InChI=1S/C11H12O4/c1-2-14-7-4-5-3-6(7)9-8(5)10(12)15-11(9)13/h2,5-9H,1,3-4H2. The van der Waals surface area contributed by atoms with Crippen molar-refractivity contribution in [3.05, 3.63) is 12.8 Å². The number of hydrogen-bond acceptors (Lipinski definition) is 4. The second-order valence-electron chi connectivity index (χ2n) is 4.53. The van der Waals surface area contributed by atoms with Gasteiger partial charge in [-0.1, -0.05) is 6.58 Å². The SMILES string of the molecule is C=COC1CC2CC1C1C(=O)OC(=O)C21. The lowest BCUT2D eigenvalue weighted by molar-refractivity contribution is -0.154. The van der Waals surface area contributed by atoms with E-state index in [1.807, 2.05) is 0 Å². The van der Waals surface area contributed by atoms with Gasteiger partial charge in [-0.15, -0.1) is 0 Å². The number of carbonyl (C=O) groups is 2. The molecular formula is C11H12O4. The van der Waals surface area contributed by atoms with Crippen molar-refractivity contribution in [1.82, 2.24) is 0 Å². The summed E-state index contributed by atoms with van der Waals surface area (Å²) in [5, 5.41) is 0. The van der Waals surface area contributed by atoms with E-state index in [0.717, 1.165) is 12.8 Å². The molecule has 0 amide bonds. The van der Waals surface area contributed by atoms with Crippen LogP contribution in [0.4, 0.5) is 0 Å². The third kappa shape index (κ3) is 1.02. The van der Waals surface area contributed by atoms with Crippen molar-refractivity contribution in [1.29, 1.82) is 0 Å². The van der Waals surface area contributed by atoms with Crippen molar-refractivity contribution in [2.24, 2.45) is 23.7 Å². The number of ether oxygens (including phenoxy) is 2.